The third-order valence-electron chi connectivity index (χ3n) is 5.55. The summed E-state index contributed by atoms with van der Waals surface area (Å²) in [5.74, 6) is -0.287. The van der Waals surface area contributed by atoms with E-state index in [0.29, 0.717) is 5.70 Å². The Labute approximate surface area is 189 Å². The van der Waals surface area contributed by atoms with Crippen molar-refractivity contribution in [3.05, 3.63) is 97.0 Å². The second-order valence-electron chi connectivity index (χ2n) is 7.62. The lowest BCUT2D eigenvalue weighted by atomic mass is 10.0. The molecule has 0 saturated carbocycles. The van der Waals surface area contributed by atoms with Crippen LogP contribution in [0.5, 0.6) is 0 Å². The number of aromatic nitrogens is 5. The molecule has 0 fully saturated rings. The zero-order valence-electron chi connectivity index (χ0n) is 17.9. The van der Waals surface area contributed by atoms with E-state index < -0.39 is 0 Å². The summed E-state index contributed by atoms with van der Waals surface area (Å²) in [5.41, 5.74) is 13.0. The Morgan fingerprint density at radius 3 is 2.76 bits per heavy atom. The summed E-state index contributed by atoms with van der Waals surface area (Å²) in [6.07, 6.45) is 10.6. The van der Waals surface area contributed by atoms with Crippen molar-refractivity contribution in [3.63, 3.8) is 0 Å². The summed E-state index contributed by atoms with van der Waals surface area (Å²) >= 11 is 0. The van der Waals surface area contributed by atoms with Crippen molar-refractivity contribution in [3.8, 4) is 22.5 Å². The molecule has 0 unspecified atom stereocenters. The van der Waals surface area contributed by atoms with E-state index in [2.05, 4.69) is 31.7 Å². The summed E-state index contributed by atoms with van der Waals surface area (Å²) in [4.78, 5) is 12.3. The summed E-state index contributed by atoms with van der Waals surface area (Å²) in [6.45, 7) is 5.64. The van der Waals surface area contributed by atoms with Crippen molar-refractivity contribution in [1.29, 1.82) is 0 Å². The Bertz CT molecular complexity index is 1570. The number of allylic oxidation sites excluding steroid dienone is 4. The first-order valence-electron chi connectivity index (χ1n) is 10.4. The average molecular weight is 436 g/mol. The number of benzene rings is 1. The van der Waals surface area contributed by atoms with E-state index in [4.69, 9.17) is 5.73 Å². The van der Waals surface area contributed by atoms with Gasteiger partial charge in [-0.15, -0.1) is 0 Å². The summed E-state index contributed by atoms with van der Waals surface area (Å²) in [5, 5.41) is 9.43. The number of pyridine rings is 2. The quantitative estimate of drug-likeness (QED) is 0.306. The van der Waals surface area contributed by atoms with Gasteiger partial charge in [0.15, 0.2) is 0 Å². The van der Waals surface area contributed by atoms with Gasteiger partial charge in [-0.05, 0) is 54.5 Å². The molecule has 0 spiro atoms. The summed E-state index contributed by atoms with van der Waals surface area (Å²) < 4.78 is 13.8. The van der Waals surface area contributed by atoms with Crippen LogP contribution in [0.2, 0.25) is 0 Å². The zero-order chi connectivity index (χ0) is 22.9. The highest BCUT2D eigenvalue weighted by atomic mass is 19.1. The molecular formula is C26H21FN6. The first-order valence-corrected chi connectivity index (χ1v) is 10.4. The van der Waals surface area contributed by atoms with Gasteiger partial charge in [0.05, 0.1) is 34.8 Å². The second kappa shape index (κ2) is 8.20. The van der Waals surface area contributed by atoms with Gasteiger partial charge in [0.2, 0.25) is 0 Å². The molecule has 0 aliphatic rings. The Morgan fingerprint density at radius 2 is 1.97 bits per heavy atom. The SMILES string of the molecule is C=C/C(N)=C\C(=C/C)c1cc2c(-c3cc4c(-c5cccc(F)c5)cncc4[nH]3)n[nH]c2cn1. The molecule has 0 amide bonds. The monoisotopic (exact) mass is 436 g/mol. The van der Waals surface area contributed by atoms with Crippen LogP contribution in [0, 0.1) is 5.82 Å². The highest BCUT2D eigenvalue weighted by Gasteiger charge is 2.15. The van der Waals surface area contributed by atoms with E-state index in [1.54, 1.807) is 30.7 Å². The molecule has 33 heavy (non-hydrogen) atoms. The first-order chi connectivity index (χ1) is 16.1. The summed E-state index contributed by atoms with van der Waals surface area (Å²) in [6, 6.07) is 10.5. The number of nitrogens with zero attached hydrogens (tertiary/aromatic N) is 3. The lowest BCUT2D eigenvalue weighted by molar-refractivity contribution is 0.628. The second-order valence-corrected chi connectivity index (χ2v) is 7.62. The van der Waals surface area contributed by atoms with E-state index in [9.17, 15) is 4.39 Å². The van der Waals surface area contributed by atoms with Gasteiger partial charge in [-0.25, -0.2) is 4.39 Å². The summed E-state index contributed by atoms with van der Waals surface area (Å²) in [7, 11) is 0. The largest absolute Gasteiger partial charge is 0.399 e. The molecule has 162 valence electrons. The minimum Gasteiger partial charge on any atom is -0.399 e. The molecule has 1 aromatic carbocycles. The van der Waals surface area contributed by atoms with Crippen LogP contribution in [0.4, 0.5) is 4.39 Å². The Hall–Kier alpha value is -4.52. The fourth-order valence-corrected chi connectivity index (χ4v) is 3.89. The first kappa shape index (κ1) is 20.4. The maximum absolute atomic E-state index is 13.8. The number of hydrogen-bond acceptors (Lipinski definition) is 4. The van der Waals surface area contributed by atoms with Crippen molar-refractivity contribution in [2.75, 3.05) is 0 Å². The maximum atomic E-state index is 13.8. The van der Waals surface area contributed by atoms with Crippen LogP contribution >= 0.6 is 0 Å². The van der Waals surface area contributed by atoms with Crippen molar-refractivity contribution < 1.29 is 4.39 Å². The molecule has 6 nitrogen and oxygen atoms in total. The van der Waals surface area contributed by atoms with Gasteiger partial charge in [-0.2, -0.15) is 5.10 Å². The maximum Gasteiger partial charge on any atom is 0.123 e. The Balaban J connectivity index is 1.64. The third-order valence-corrected chi connectivity index (χ3v) is 5.55. The lowest BCUT2D eigenvalue weighted by Crippen LogP contribution is -1.94. The standard InChI is InChI=1S/C26H21FN6/c1-3-15(9-18(28)4-2)22-11-20-25(14-30-22)32-33-26(20)23-10-19-21(12-29-13-24(19)31-23)16-6-5-7-17(27)8-16/h3-14,31H,2,28H2,1H3,(H,32,33)/b15-3+,18-9+. The molecule has 4 N–H and O–H groups in total. The number of H-pyrrole nitrogens is 2. The number of aromatic amines is 2. The topological polar surface area (TPSA) is 96.3 Å². The van der Waals surface area contributed by atoms with Crippen LogP contribution < -0.4 is 5.73 Å². The average Bonchev–Trinajstić information content (AvgIpc) is 3.45. The number of nitrogens with two attached hydrogens (primary N) is 1. The van der Waals surface area contributed by atoms with Gasteiger partial charge in [-0.1, -0.05) is 24.8 Å². The van der Waals surface area contributed by atoms with Crippen molar-refractivity contribution >= 4 is 27.4 Å². The lowest BCUT2D eigenvalue weighted by Gasteiger charge is -2.03. The number of hydrogen-bond donors (Lipinski definition) is 3. The number of rotatable bonds is 5. The molecule has 0 saturated heterocycles. The predicted octanol–water partition coefficient (Wildman–Crippen LogP) is 5.74. The molecule has 0 bridgehead atoms. The predicted molar refractivity (Wildman–Crippen MR) is 130 cm³/mol. The van der Waals surface area contributed by atoms with Crippen LogP contribution in [0.15, 0.2) is 85.5 Å². The van der Waals surface area contributed by atoms with Crippen molar-refractivity contribution in [1.82, 2.24) is 25.1 Å². The number of halogens is 1. The molecule has 4 heterocycles. The van der Waals surface area contributed by atoms with Crippen LogP contribution in [0.1, 0.15) is 12.6 Å². The fourth-order valence-electron chi connectivity index (χ4n) is 3.89. The minimum absolute atomic E-state index is 0.287. The molecule has 5 aromatic rings. The van der Waals surface area contributed by atoms with Crippen molar-refractivity contribution in [2.45, 2.75) is 6.92 Å². The fraction of sp³-hybridized carbons (Fsp3) is 0.0385. The smallest absolute Gasteiger partial charge is 0.123 e. The Morgan fingerprint density at radius 1 is 1.09 bits per heavy atom. The molecule has 0 aliphatic heterocycles. The molecule has 0 radical (unpaired) electrons. The van der Waals surface area contributed by atoms with Crippen LogP contribution in [0.3, 0.4) is 0 Å². The van der Waals surface area contributed by atoms with E-state index in [1.807, 2.05) is 37.3 Å². The molecular weight excluding hydrogens is 415 g/mol. The number of fused-ring (bicyclic) bond motifs is 2. The molecule has 0 aliphatic carbocycles. The molecule has 4 aromatic heterocycles. The van der Waals surface area contributed by atoms with E-state index >= 15 is 0 Å². The Kier molecular flexibility index (Phi) is 5.06. The van der Waals surface area contributed by atoms with E-state index in [0.717, 1.165) is 55.6 Å². The molecule has 0 atom stereocenters. The highest BCUT2D eigenvalue weighted by Crippen LogP contribution is 2.34. The van der Waals surface area contributed by atoms with Gasteiger partial charge in [0.25, 0.3) is 0 Å². The van der Waals surface area contributed by atoms with Gasteiger partial charge in [-0.3, -0.25) is 15.1 Å². The van der Waals surface area contributed by atoms with Gasteiger partial charge < -0.3 is 10.7 Å². The molecule has 5 rings (SSSR count). The van der Waals surface area contributed by atoms with Crippen molar-refractivity contribution in [2.24, 2.45) is 5.73 Å². The minimum atomic E-state index is -0.287. The number of nitrogens with one attached hydrogen (secondary N) is 2. The van der Waals surface area contributed by atoms with Gasteiger partial charge >= 0.3 is 0 Å². The van der Waals surface area contributed by atoms with Gasteiger partial charge in [0, 0.05) is 28.2 Å². The normalized spacial score (nSPS) is 12.5. The van der Waals surface area contributed by atoms with Gasteiger partial charge in [0.1, 0.15) is 11.5 Å². The van der Waals surface area contributed by atoms with Crippen LogP contribution in [0.25, 0.3) is 49.9 Å². The third kappa shape index (κ3) is 3.70. The van der Waals surface area contributed by atoms with E-state index in [-0.39, 0.29) is 5.82 Å². The van der Waals surface area contributed by atoms with E-state index in [1.165, 1.54) is 12.1 Å². The zero-order valence-corrected chi connectivity index (χ0v) is 17.9. The van der Waals surface area contributed by atoms with Crippen LogP contribution in [-0.4, -0.2) is 25.1 Å². The highest BCUT2D eigenvalue weighted by molar-refractivity contribution is 6.01. The van der Waals surface area contributed by atoms with Crippen LogP contribution in [-0.2, 0) is 0 Å². The molecule has 7 heteroatoms.